The van der Waals surface area contributed by atoms with Gasteiger partial charge >= 0.3 is 5.97 Å². The maximum absolute atomic E-state index is 13.4. The predicted octanol–water partition coefficient (Wildman–Crippen LogP) is 3.36. The van der Waals surface area contributed by atoms with Crippen molar-refractivity contribution < 1.29 is 14.5 Å². The second-order valence-corrected chi connectivity index (χ2v) is 8.65. The number of nitro groups is 1. The lowest BCUT2D eigenvalue weighted by Gasteiger charge is -2.24. The number of carbonyl (C=O) groups is 1. The number of aromatic nitrogens is 1. The van der Waals surface area contributed by atoms with E-state index in [-0.39, 0.29) is 23.4 Å². The summed E-state index contributed by atoms with van der Waals surface area (Å²) in [7, 11) is 0. The Hall–Kier alpha value is -3.56. The smallest absolute Gasteiger partial charge is 0.338 e. The molecule has 10 heteroatoms. The molecule has 2 aromatic carbocycles. The van der Waals surface area contributed by atoms with Crippen LogP contribution >= 0.6 is 22.9 Å². The van der Waals surface area contributed by atoms with Gasteiger partial charge in [0.05, 0.1) is 33.4 Å². The minimum absolute atomic E-state index is 0.0361. The number of hydrogen-bond donors (Lipinski definition) is 0. The number of fused-ring (bicyclic) bond motifs is 1. The summed E-state index contributed by atoms with van der Waals surface area (Å²) in [5.74, 6) is -0.539. The number of benzene rings is 2. The Balaban J connectivity index is 1.90. The SMILES string of the molecule is CCOC(=O)C1=C(C)N=c2s/c(=C\c3ccc([N+](=O)[O-])cc3)c(=O)n2[C@H]1c1ccc(Cl)cc1. The fourth-order valence-corrected chi connectivity index (χ4v) is 4.77. The Labute approximate surface area is 196 Å². The molecule has 0 saturated carbocycles. The third kappa shape index (κ3) is 4.37. The van der Waals surface area contributed by atoms with Crippen molar-refractivity contribution in [3.63, 3.8) is 0 Å². The number of nitro benzene ring substituents is 1. The number of hydrogen-bond acceptors (Lipinski definition) is 7. The van der Waals surface area contributed by atoms with Crippen molar-refractivity contribution in [1.82, 2.24) is 4.57 Å². The normalized spacial score (nSPS) is 15.7. The maximum atomic E-state index is 13.4. The highest BCUT2D eigenvalue weighted by Gasteiger charge is 2.33. The molecule has 0 unspecified atom stereocenters. The van der Waals surface area contributed by atoms with Gasteiger partial charge in [-0.1, -0.05) is 35.1 Å². The lowest BCUT2D eigenvalue weighted by molar-refractivity contribution is -0.384. The fourth-order valence-electron chi connectivity index (χ4n) is 3.60. The van der Waals surface area contributed by atoms with Crippen LogP contribution < -0.4 is 14.9 Å². The molecular weight excluding hydrogens is 466 g/mol. The molecule has 2 heterocycles. The number of esters is 1. The minimum Gasteiger partial charge on any atom is -0.463 e. The lowest BCUT2D eigenvalue weighted by Crippen LogP contribution is -2.39. The van der Waals surface area contributed by atoms with Gasteiger partial charge in [-0.3, -0.25) is 19.5 Å². The van der Waals surface area contributed by atoms with Crippen LogP contribution in [-0.2, 0) is 9.53 Å². The summed E-state index contributed by atoms with van der Waals surface area (Å²) in [5, 5.41) is 11.4. The van der Waals surface area contributed by atoms with Crippen molar-refractivity contribution in [3.8, 4) is 0 Å². The molecule has 1 aliphatic rings. The standard InChI is InChI=1S/C23H18ClN3O5S/c1-3-32-22(29)19-13(2)25-23-26(20(19)15-6-8-16(24)9-7-15)21(28)18(33-23)12-14-4-10-17(11-5-14)27(30)31/h4-12,20H,3H2,1-2H3/b18-12-/t20-/m0/s1. The van der Waals surface area contributed by atoms with E-state index in [4.69, 9.17) is 16.3 Å². The van der Waals surface area contributed by atoms with Crippen molar-refractivity contribution in [1.29, 1.82) is 0 Å². The monoisotopic (exact) mass is 483 g/mol. The molecule has 8 nitrogen and oxygen atoms in total. The molecule has 0 spiro atoms. The van der Waals surface area contributed by atoms with Crippen LogP contribution in [0, 0.1) is 10.1 Å². The molecular formula is C23H18ClN3O5S. The van der Waals surface area contributed by atoms with E-state index in [2.05, 4.69) is 4.99 Å². The lowest BCUT2D eigenvalue weighted by atomic mass is 9.96. The van der Waals surface area contributed by atoms with Gasteiger partial charge in [0.2, 0.25) is 0 Å². The molecule has 0 radical (unpaired) electrons. The maximum Gasteiger partial charge on any atom is 0.338 e. The Bertz CT molecular complexity index is 1450. The average Bonchev–Trinajstić information content (AvgIpc) is 3.08. The van der Waals surface area contributed by atoms with Gasteiger partial charge in [0.1, 0.15) is 0 Å². The summed E-state index contributed by atoms with van der Waals surface area (Å²) < 4.78 is 7.12. The first-order valence-corrected chi connectivity index (χ1v) is 11.2. The molecule has 168 valence electrons. The average molecular weight is 484 g/mol. The van der Waals surface area contributed by atoms with Crippen molar-refractivity contribution in [2.24, 2.45) is 4.99 Å². The first-order chi connectivity index (χ1) is 15.8. The van der Waals surface area contributed by atoms with Gasteiger partial charge in [0, 0.05) is 17.2 Å². The Morgan fingerprint density at radius 2 is 1.91 bits per heavy atom. The predicted molar refractivity (Wildman–Crippen MR) is 125 cm³/mol. The second kappa shape index (κ2) is 9.13. The number of halogens is 1. The second-order valence-electron chi connectivity index (χ2n) is 7.20. The fraction of sp³-hybridized carbons (Fsp3) is 0.174. The Morgan fingerprint density at radius 3 is 2.52 bits per heavy atom. The van der Waals surface area contributed by atoms with E-state index < -0.39 is 16.9 Å². The number of nitrogens with zero attached hydrogens (tertiary/aromatic N) is 3. The summed E-state index contributed by atoms with van der Waals surface area (Å²) in [6, 6.07) is 12.1. The highest BCUT2D eigenvalue weighted by atomic mass is 35.5. The van der Waals surface area contributed by atoms with E-state index in [1.54, 1.807) is 56.3 Å². The summed E-state index contributed by atoms with van der Waals surface area (Å²) in [6.45, 7) is 3.61. The molecule has 3 aromatic rings. The van der Waals surface area contributed by atoms with Crippen LogP contribution in [0.1, 0.15) is 31.0 Å². The summed E-state index contributed by atoms with van der Waals surface area (Å²) in [6.07, 6.45) is 1.65. The number of carbonyl (C=O) groups excluding carboxylic acids is 1. The quantitative estimate of drug-likeness (QED) is 0.314. The van der Waals surface area contributed by atoms with Crippen molar-refractivity contribution in [2.45, 2.75) is 19.9 Å². The summed E-state index contributed by atoms with van der Waals surface area (Å²) in [4.78, 5) is 41.6. The molecule has 0 N–H and O–H groups in total. The van der Waals surface area contributed by atoms with Crippen molar-refractivity contribution >= 4 is 40.7 Å². The number of rotatable bonds is 5. The first-order valence-electron chi connectivity index (χ1n) is 9.99. The molecule has 4 rings (SSSR count). The molecule has 0 saturated heterocycles. The highest BCUT2D eigenvalue weighted by molar-refractivity contribution is 7.07. The topological polar surface area (TPSA) is 104 Å². The van der Waals surface area contributed by atoms with E-state index in [0.717, 1.165) is 0 Å². The zero-order valence-corrected chi connectivity index (χ0v) is 19.2. The van der Waals surface area contributed by atoms with Gasteiger partial charge in [-0.25, -0.2) is 9.79 Å². The third-order valence-electron chi connectivity index (χ3n) is 5.10. The van der Waals surface area contributed by atoms with Crippen LogP contribution in [0.25, 0.3) is 6.08 Å². The molecule has 0 bridgehead atoms. The largest absolute Gasteiger partial charge is 0.463 e. The molecule has 33 heavy (non-hydrogen) atoms. The number of non-ortho nitro benzene ring substituents is 1. The van der Waals surface area contributed by atoms with Crippen LogP contribution in [-0.4, -0.2) is 22.1 Å². The van der Waals surface area contributed by atoms with E-state index in [0.29, 0.717) is 31.2 Å². The van der Waals surface area contributed by atoms with Crippen molar-refractivity contribution in [3.05, 3.63) is 106 Å². The summed E-state index contributed by atoms with van der Waals surface area (Å²) in [5.41, 5.74) is 1.72. The van der Waals surface area contributed by atoms with Gasteiger partial charge in [0.25, 0.3) is 11.2 Å². The van der Waals surface area contributed by atoms with Crippen LogP contribution in [0.4, 0.5) is 5.69 Å². The van der Waals surface area contributed by atoms with E-state index in [9.17, 15) is 19.7 Å². The van der Waals surface area contributed by atoms with Gasteiger partial charge in [-0.05, 0) is 55.3 Å². The number of ether oxygens (including phenoxy) is 1. The first kappa shape index (κ1) is 22.6. The van der Waals surface area contributed by atoms with Gasteiger partial charge in [-0.2, -0.15) is 0 Å². The molecule has 1 atom stereocenters. The molecule has 1 aromatic heterocycles. The van der Waals surface area contributed by atoms with E-state index in [1.807, 2.05) is 0 Å². The van der Waals surface area contributed by atoms with Crippen molar-refractivity contribution in [2.75, 3.05) is 6.61 Å². The Kier molecular flexibility index (Phi) is 6.26. The van der Waals surface area contributed by atoms with E-state index >= 15 is 0 Å². The Morgan fingerprint density at radius 1 is 1.24 bits per heavy atom. The number of allylic oxidation sites excluding steroid dienone is 1. The van der Waals surface area contributed by atoms with Crippen LogP contribution in [0.15, 0.2) is 69.6 Å². The van der Waals surface area contributed by atoms with Gasteiger partial charge in [0.15, 0.2) is 4.80 Å². The number of thiazole rings is 1. The highest BCUT2D eigenvalue weighted by Crippen LogP contribution is 2.31. The molecule has 0 aliphatic carbocycles. The van der Waals surface area contributed by atoms with Crippen LogP contribution in [0.3, 0.4) is 0 Å². The third-order valence-corrected chi connectivity index (χ3v) is 6.34. The molecule has 0 amide bonds. The summed E-state index contributed by atoms with van der Waals surface area (Å²) >= 11 is 7.23. The van der Waals surface area contributed by atoms with Gasteiger partial charge < -0.3 is 4.74 Å². The molecule has 0 fully saturated rings. The zero-order chi connectivity index (χ0) is 23.7. The van der Waals surface area contributed by atoms with Crippen LogP contribution in [0.5, 0.6) is 0 Å². The zero-order valence-electron chi connectivity index (χ0n) is 17.6. The molecule has 1 aliphatic heterocycles. The van der Waals surface area contributed by atoms with Crippen LogP contribution in [0.2, 0.25) is 5.02 Å². The minimum atomic E-state index is -0.725. The van der Waals surface area contributed by atoms with Gasteiger partial charge in [-0.15, -0.1) is 0 Å². The van der Waals surface area contributed by atoms with E-state index in [1.165, 1.54) is 28.0 Å².